The van der Waals surface area contributed by atoms with Gasteiger partial charge in [-0.15, -0.1) is 0 Å². The van der Waals surface area contributed by atoms with Gasteiger partial charge in [0.05, 0.1) is 17.4 Å². The van der Waals surface area contributed by atoms with E-state index in [4.69, 9.17) is 0 Å². The summed E-state index contributed by atoms with van der Waals surface area (Å²) in [7, 11) is 0. The summed E-state index contributed by atoms with van der Waals surface area (Å²) in [4.78, 5) is 17.4. The molecular formula is C24H28N2O2. The largest absolute Gasteiger partial charge is 0.507 e. The maximum Gasteiger partial charge on any atom is 0.255 e. The Morgan fingerprint density at radius 1 is 0.929 bits per heavy atom. The van der Waals surface area contributed by atoms with Gasteiger partial charge in [-0.1, -0.05) is 59.7 Å². The summed E-state index contributed by atoms with van der Waals surface area (Å²) in [5.41, 5.74) is 3.02. The molecule has 0 saturated carbocycles. The standard InChI is InChI=1S/C24H28N2O2/c1-23(2,3)18-12-16(13-19(21(18)27)24(4,5)6)22(28)26-17-11-15-9-7-8-10-20(15)25-14-17/h7-14,27H,1-6H3,(H,26,28). The molecule has 4 heteroatoms. The van der Waals surface area contributed by atoms with Crippen LogP contribution in [0, 0.1) is 0 Å². The first-order chi connectivity index (χ1) is 13.0. The highest BCUT2D eigenvalue weighted by atomic mass is 16.3. The highest BCUT2D eigenvalue weighted by molar-refractivity contribution is 6.05. The average molecular weight is 377 g/mol. The molecule has 1 amide bonds. The normalized spacial score (nSPS) is 12.2. The lowest BCUT2D eigenvalue weighted by molar-refractivity contribution is 0.102. The Morgan fingerprint density at radius 2 is 1.50 bits per heavy atom. The first-order valence-electron chi connectivity index (χ1n) is 9.51. The predicted molar refractivity (Wildman–Crippen MR) is 115 cm³/mol. The molecular weight excluding hydrogens is 348 g/mol. The Bertz CT molecular complexity index is 1010. The number of hydrogen-bond acceptors (Lipinski definition) is 3. The molecule has 0 radical (unpaired) electrons. The van der Waals surface area contributed by atoms with Crippen LogP contribution >= 0.6 is 0 Å². The van der Waals surface area contributed by atoms with Crippen molar-refractivity contribution in [2.45, 2.75) is 52.4 Å². The van der Waals surface area contributed by atoms with Crippen LogP contribution in [0.3, 0.4) is 0 Å². The summed E-state index contributed by atoms with van der Waals surface area (Å²) in [5.74, 6) is 0.0528. The summed E-state index contributed by atoms with van der Waals surface area (Å²) >= 11 is 0. The number of nitrogens with zero attached hydrogens (tertiary/aromatic N) is 1. The van der Waals surface area contributed by atoms with Crippen molar-refractivity contribution in [1.82, 2.24) is 4.98 Å². The number of amides is 1. The number of carbonyl (C=O) groups excluding carboxylic acids is 1. The zero-order valence-electron chi connectivity index (χ0n) is 17.4. The fraction of sp³-hybridized carbons (Fsp3) is 0.333. The third-order valence-electron chi connectivity index (χ3n) is 4.84. The summed E-state index contributed by atoms with van der Waals surface area (Å²) in [6, 6.07) is 13.3. The maximum absolute atomic E-state index is 13.0. The molecule has 0 saturated heterocycles. The van der Waals surface area contributed by atoms with E-state index in [1.807, 2.05) is 71.9 Å². The molecule has 3 rings (SSSR count). The average Bonchev–Trinajstić information content (AvgIpc) is 2.59. The number of pyridine rings is 1. The fourth-order valence-corrected chi connectivity index (χ4v) is 3.25. The Hall–Kier alpha value is -2.88. The van der Waals surface area contributed by atoms with Gasteiger partial charge in [0.2, 0.25) is 0 Å². The van der Waals surface area contributed by atoms with Gasteiger partial charge in [-0.25, -0.2) is 0 Å². The number of nitrogens with one attached hydrogen (secondary N) is 1. The van der Waals surface area contributed by atoms with Crippen molar-refractivity contribution >= 4 is 22.5 Å². The van der Waals surface area contributed by atoms with Gasteiger partial charge in [-0.3, -0.25) is 9.78 Å². The van der Waals surface area contributed by atoms with Crippen LogP contribution in [-0.2, 0) is 10.8 Å². The third-order valence-corrected chi connectivity index (χ3v) is 4.84. The van der Waals surface area contributed by atoms with E-state index in [9.17, 15) is 9.90 Å². The van der Waals surface area contributed by atoms with Gasteiger partial charge >= 0.3 is 0 Å². The Morgan fingerprint density at radius 3 is 2.07 bits per heavy atom. The number of phenolic OH excluding ortho intramolecular Hbond substituents is 1. The quantitative estimate of drug-likeness (QED) is 0.595. The van der Waals surface area contributed by atoms with Crippen LogP contribution in [-0.4, -0.2) is 16.0 Å². The van der Waals surface area contributed by atoms with Crippen molar-refractivity contribution < 1.29 is 9.90 Å². The predicted octanol–water partition coefficient (Wildman–Crippen LogP) is 5.79. The van der Waals surface area contributed by atoms with Gasteiger partial charge in [0, 0.05) is 22.1 Å². The van der Waals surface area contributed by atoms with Gasteiger partial charge < -0.3 is 10.4 Å². The van der Waals surface area contributed by atoms with Gasteiger partial charge in [-0.2, -0.15) is 0 Å². The molecule has 0 aliphatic rings. The molecule has 2 aromatic carbocycles. The molecule has 0 spiro atoms. The molecule has 0 fully saturated rings. The lowest BCUT2D eigenvalue weighted by Gasteiger charge is -2.28. The molecule has 0 unspecified atom stereocenters. The highest BCUT2D eigenvalue weighted by Crippen LogP contribution is 2.39. The maximum atomic E-state index is 13.0. The van der Waals surface area contributed by atoms with Crippen molar-refractivity contribution in [1.29, 1.82) is 0 Å². The molecule has 4 nitrogen and oxygen atoms in total. The van der Waals surface area contributed by atoms with Gasteiger partial charge in [0.15, 0.2) is 0 Å². The molecule has 0 bridgehead atoms. The second kappa shape index (κ2) is 6.93. The monoisotopic (exact) mass is 376 g/mol. The summed E-state index contributed by atoms with van der Waals surface area (Å²) in [5, 5.41) is 14.7. The number of phenols is 1. The van der Waals surface area contributed by atoms with E-state index in [1.54, 1.807) is 18.3 Å². The van der Waals surface area contributed by atoms with E-state index < -0.39 is 0 Å². The van der Waals surface area contributed by atoms with Crippen LogP contribution < -0.4 is 5.32 Å². The number of hydrogen-bond donors (Lipinski definition) is 2. The van der Waals surface area contributed by atoms with Crippen molar-refractivity contribution in [3.05, 3.63) is 65.4 Å². The summed E-state index contributed by atoms with van der Waals surface area (Å²) in [6.45, 7) is 12.2. The molecule has 0 aliphatic heterocycles. The number of rotatable bonds is 2. The SMILES string of the molecule is CC(C)(C)c1cc(C(=O)Nc2cnc3ccccc3c2)cc(C(C)(C)C)c1O. The van der Waals surface area contributed by atoms with Gasteiger partial charge in [0.25, 0.3) is 5.91 Å². The third kappa shape index (κ3) is 4.01. The van der Waals surface area contributed by atoms with E-state index in [1.165, 1.54) is 0 Å². The van der Waals surface area contributed by atoms with Crippen molar-refractivity contribution in [3.8, 4) is 5.75 Å². The van der Waals surface area contributed by atoms with Crippen LogP contribution in [0.1, 0.15) is 63.0 Å². The van der Waals surface area contributed by atoms with Crippen molar-refractivity contribution in [2.24, 2.45) is 0 Å². The number of aromatic nitrogens is 1. The topological polar surface area (TPSA) is 62.2 Å². The van der Waals surface area contributed by atoms with Crippen molar-refractivity contribution in [3.63, 3.8) is 0 Å². The van der Waals surface area contributed by atoms with Crippen LogP contribution in [0.15, 0.2) is 48.7 Å². The highest BCUT2D eigenvalue weighted by Gasteiger charge is 2.27. The van der Waals surface area contributed by atoms with Gasteiger partial charge in [-0.05, 0) is 35.1 Å². The fourth-order valence-electron chi connectivity index (χ4n) is 3.25. The second-order valence-electron chi connectivity index (χ2n) is 9.29. The molecule has 28 heavy (non-hydrogen) atoms. The molecule has 1 aromatic heterocycles. The first-order valence-corrected chi connectivity index (χ1v) is 9.51. The lowest BCUT2D eigenvalue weighted by Crippen LogP contribution is -2.20. The molecule has 146 valence electrons. The zero-order chi connectivity index (χ0) is 20.7. The van der Waals surface area contributed by atoms with Gasteiger partial charge in [0.1, 0.15) is 5.75 Å². The van der Waals surface area contributed by atoms with Crippen molar-refractivity contribution in [2.75, 3.05) is 5.32 Å². The Labute approximate surface area is 166 Å². The Balaban J connectivity index is 2.02. The zero-order valence-corrected chi connectivity index (χ0v) is 17.4. The van der Waals surface area contributed by atoms with E-state index in [2.05, 4.69) is 10.3 Å². The van der Waals surface area contributed by atoms with E-state index in [-0.39, 0.29) is 22.5 Å². The van der Waals surface area contributed by atoms with Crippen LogP contribution in [0.4, 0.5) is 5.69 Å². The molecule has 0 aliphatic carbocycles. The van der Waals surface area contributed by atoms with E-state index in [0.29, 0.717) is 11.3 Å². The van der Waals surface area contributed by atoms with Crippen LogP contribution in [0.5, 0.6) is 5.75 Å². The minimum atomic E-state index is -0.287. The number of anilines is 1. The number of carbonyl (C=O) groups is 1. The van der Waals surface area contributed by atoms with Crippen LogP contribution in [0.2, 0.25) is 0 Å². The van der Waals surface area contributed by atoms with E-state index in [0.717, 1.165) is 22.0 Å². The second-order valence-corrected chi connectivity index (χ2v) is 9.29. The van der Waals surface area contributed by atoms with Crippen LogP contribution in [0.25, 0.3) is 10.9 Å². The minimum absolute atomic E-state index is 0.215. The molecule has 1 heterocycles. The first kappa shape index (κ1) is 19.9. The number of fused-ring (bicyclic) bond motifs is 1. The smallest absolute Gasteiger partial charge is 0.255 e. The number of para-hydroxylation sites is 1. The summed E-state index contributed by atoms with van der Waals surface area (Å²) < 4.78 is 0. The molecule has 3 aromatic rings. The Kier molecular flexibility index (Phi) is 4.92. The molecule has 0 atom stereocenters. The van der Waals surface area contributed by atoms with E-state index >= 15 is 0 Å². The lowest BCUT2D eigenvalue weighted by atomic mass is 9.78. The summed E-state index contributed by atoms with van der Waals surface area (Å²) in [6.07, 6.45) is 1.66. The number of aromatic hydroxyl groups is 1. The molecule has 2 N–H and O–H groups in total. The number of benzene rings is 2. The minimum Gasteiger partial charge on any atom is -0.507 e.